The second kappa shape index (κ2) is 6.15. The van der Waals surface area contributed by atoms with E-state index in [0.717, 1.165) is 16.9 Å². The number of nitrogens with zero attached hydrogens (tertiary/aromatic N) is 3. The minimum atomic E-state index is -0.337. The summed E-state index contributed by atoms with van der Waals surface area (Å²) >= 11 is 6.22. The van der Waals surface area contributed by atoms with Crippen molar-refractivity contribution in [1.29, 1.82) is 0 Å². The number of para-hydroxylation sites is 2. The first-order valence-electron chi connectivity index (χ1n) is 8.16. The van der Waals surface area contributed by atoms with E-state index in [1.807, 2.05) is 28.8 Å². The number of benzene rings is 2. The van der Waals surface area contributed by atoms with E-state index in [2.05, 4.69) is 0 Å². The molecule has 0 radical (unpaired) electrons. The molecule has 2 heterocycles. The molecule has 2 aromatic carbocycles. The lowest BCUT2D eigenvalue weighted by Crippen LogP contribution is -2.19. The quantitative estimate of drug-likeness (QED) is 0.714. The third kappa shape index (κ3) is 2.78. The Bertz CT molecular complexity index is 948. The van der Waals surface area contributed by atoms with Crippen molar-refractivity contribution in [3.8, 4) is 0 Å². The van der Waals surface area contributed by atoms with Gasteiger partial charge >= 0.3 is 0 Å². The third-order valence-electron chi connectivity index (χ3n) is 4.77. The van der Waals surface area contributed by atoms with Crippen LogP contribution < -0.4 is 0 Å². The molecule has 0 aliphatic carbocycles. The van der Waals surface area contributed by atoms with Crippen LogP contribution >= 0.6 is 11.6 Å². The van der Waals surface area contributed by atoms with Gasteiger partial charge in [0, 0.05) is 36.5 Å². The molecule has 3 aromatic rings. The van der Waals surface area contributed by atoms with Crippen molar-refractivity contribution in [2.75, 3.05) is 13.6 Å². The number of carbonyl (C=O) groups is 1. The smallest absolute Gasteiger partial charge is 0.223 e. The lowest BCUT2D eigenvalue weighted by atomic mass is 10.1. The average molecular weight is 358 g/mol. The second-order valence-corrected chi connectivity index (χ2v) is 6.83. The van der Waals surface area contributed by atoms with Crippen molar-refractivity contribution >= 4 is 28.5 Å². The molecule has 1 fully saturated rings. The first kappa shape index (κ1) is 16.1. The van der Waals surface area contributed by atoms with Gasteiger partial charge in [-0.05, 0) is 24.3 Å². The molecule has 0 spiro atoms. The van der Waals surface area contributed by atoms with Gasteiger partial charge in [0.05, 0.1) is 17.6 Å². The van der Waals surface area contributed by atoms with Gasteiger partial charge in [-0.3, -0.25) is 4.79 Å². The van der Waals surface area contributed by atoms with Crippen molar-refractivity contribution in [1.82, 2.24) is 14.5 Å². The van der Waals surface area contributed by atoms with Crippen molar-refractivity contribution in [2.45, 2.75) is 18.9 Å². The number of hydrogen-bond donors (Lipinski definition) is 0. The van der Waals surface area contributed by atoms with Gasteiger partial charge in [0.1, 0.15) is 11.6 Å². The Labute approximate surface area is 149 Å². The molecule has 0 saturated carbocycles. The normalized spacial score (nSPS) is 17.6. The fourth-order valence-corrected chi connectivity index (χ4v) is 3.67. The maximum Gasteiger partial charge on any atom is 0.223 e. The molecule has 0 N–H and O–H groups in total. The summed E-state index contributed by atoms with van der Waals surface area (Å²) in [6, 6.07) is 12.4. The first-order chi connectivity index (χ1) is 12.0. The molecule has 1 amide bonds. The van der Waals surface area contributed by atoms with E-state index in [4.69, 9.17) is 16.6 Å². The van der Waals surface area contributed by atoms with Crippen LogP contribution in [-0.4, -0.2) is 34.0 Å². The fourth-order valence-electron chi connectivity index (χ4n) is 3.45. The van der Waals surface area contributed by atoms with Crippen LogP contribution in [0.25, 0.3) is 11.0 Å². The summed E-state index contributed by atoms with van der Waals surface area (Å²) < 4.78 is 16.3. The SMILES string of the molecule is CN1CC(c2nc3ccccc3n2Cc2c(F)cccc2Cl)CC1=O. The maximum absolute atomic E-state index is 14.3. The number of likely N-dealkylation sites (N-methyl/N-ethyl adjacent to an activating group) is 1. The summed E-state index contributed by atoms with van der Waals surface area (Å²) in [5.41, 5.74) is 2.19. The van der Waals surface area contributed by atoms with E-state index in [1.165, 1.54) is 6.07 Å². The molecule has 128 valence electrons. The molecule has 6 heteroatoms. The van der Waals surface area contributed by atoms with Crippen molar-refractivity contribution in [2.24, 2.45) is 0 Å². The minimum Gasteiger partial charge on any atom is -0.345 e. The summed E-state index contributed by atoms with van der Waals surface area (Å²) in [6.45, 7) is 0.906. The predicted molar refractivity (Wildman–Crippen MR) is 95.2 cm³/mol. The first-order valence-corrected chi connectivity index (χ1v) is 8.54. The van der Waals surface area contributed by atoms with Gasteiger partial charge in [0.2, 0.25) is 5.91 Å². The van der Waals surface area contributed by atoms with Crippen molar-refractivity contribution in [3.63, 3.8) is 0 Å². The van der Waals surface area contributed by atoms with E-state index in [-0.39, 0.29) is 24.2 Å². The lowest BCUT2D eigenvalue weighted by molar-refractivity contribution is -0.126. The highest BCUT2D eigenvalue weighted by atomic mass is 35.5. The number of halogens is 2. The Balaban J connectivity index is 1.84. The van der Waals surface area contributed by atoms with Crippen LogP contribution in [0.1, 0.15) is 23.7 Å². The molecule has 1 atom stereocenters. The number of rotatable bonds is 3. The van der Waals surface area contributed by atoms with Gasteiger partial charge in [-0.15, -0.1) is 0 Å². The van der Waals surface area contributed by atoms with E-state index in [9.17, 15) is 9.18 Å². The van der Waals surface area contributed by atoms with Crippen LogP contribution in [0.4, 0.5) is 4.39 Å². The summed E-state index contributed by atoms with van der Waals surface area (Å²) in [4.78, 5) is 18.4. The molecule has 4 nitrogen and oxygen atoms in total. The molecule has 1 aliphatic rings. The van der Waals surface area contributed by atoms with Gasteiger partial charge in [-0.1, -0.05) is 29.8 Å². The summed E-state index contributed by atoms with van der Waals surface area (Å²) in [5, 5.41) is 0.392. The standard InChI is InChI=1S/C19H17ClFN3O/c1-23-10-12(9-18(23)25)19-22-16-7-2-3-8-17(16)24(19)11-13-14(20)5-4-6-15(13)21/h2-8,12H,9-11H2,1H3. The predicted octanol–water partition coefficient (Wildman–Crippen LogP) is 3.82. The number of amides is 1. The number of hydrogen-bond acceptors (Lipinski definition) is 2. The lowest BCUT2D eigenvalue weighted by Gasteiger charge is -2.15. The Morgan fingerprint density at radius 1 is 1.24 bits per heavy atom. The highest BCUT2D eigenvalue weighted by molar-refractivity contribution is 6.31. The third-order valence-corrected chi connectivity index (χ3v) is 5.12. The van der Waals surface area contributed by atoms with Crippen molar-refractivity contribution in [3.05, 3.63) is 64.7 Å². The molecule has 4 rings (SSSR count). The molecular weight excluding hydrogens is 341 g/mol. The minimum absolute atomic E-state index is 0.00421. The largest absolute Gasteiger partial charge is 0.345 e. The Hall–Kier alpha value is -2.40. The number of imidazole rings is 1. The molecule has 25 heavy (non-hydrogen) atoms. The van der Waals surface area contributed by atoms with E-state index in [1.54, 1.807) is 24.1 Å². The van der Waals surface area contributed by atoms with E-state index in [0.29, 0.717) is 23.6 Å². The van der Waals surface area contributed by atoms with Crippen LogP contribution in [0.15, 0.2) is 42.5 Å². The topological polar surface area (TPSA) is 38.1 Å². The van der Waals surface area contributed by atoms with Gasteiger partial charge in [-0.2, -0.15) is 0 Å². The Morgan fingerprint density at radius 3 is 2.76 bits per heavy atom. The van der Waals surface area contributed by atoms with Gasteiger partial charge < -0.3 is 9.47 Å². The van der Waals surface area contributed by atoms with Crippen LogP contribution in [0, 0.1) is 5.82 Å². The zero-order chi connectivity index (χ0) is 17.6. The van der Waals surface area contributed by atoms with Gasteiger partial charge in [0.25, 0.3) is 0 Å². The maximum atomic E-state index is 14.3. The van der Waals surface area contributed by atoms with Crippen LogP contribution in [0.2, 0.25) is 5.02 Å². The van der Waals surface area contributed by atoms with Gasteiger partial charge in [-0.25, -0.2) is 9.37 Å². The molecule has 1 saturated heterocycles. The highest BCUT2D eigenvalue weighted by Gasteiger charge is 2.32. The highest BCUT2D eigenvalue weighted by Crippen LogP contribution is 2.31. The van der Waals surface area contributed by atoms with E-state index >= 15 is 0 Å². The Morgan fingerprint density at radius 2 is 2.04 bits per heavy atom. The van der Waals surface area contributed by atoms with Crippen molar-refractivity contribution < 1.29 is 9.18 Å². The average Bonchev–Trinajstić information content (AvgIpc) is 3.12. The molecule has 0 bridgehead atoms. The number of likely N-dealkylation sites (tertiary alicyclic amines) is 1. The van der Waals surface area contributed by atoms with Gasteiger partial charge in [0.15, 0.2) is 0 Å². The number of carbonyl (C=O) groups excluding carboxylic acids is 1. The summed E-state index contributed by atoms with van der Waals surface area (Å²) in [6.07, 6.45) is 0.421. The molecule has 1 aliphatic heterocycles. The fraction of sp³-hybridized carbons (Fsp3) is 0.263. The van der Waals surface area contributed by atoms with Crippen LogP contribution in [0.3, 0.4) is 0 Å². The molecular formula is C19H17ClFN3O. The summed E-state index contributed by atoms with van der Waals surface area (Å²) in [7, 11) is 1.79. The Kier molecular flexibility index (Phi) is 3.96. The monoisotopic (exact) mass is 357 g/mol. The zero-order valence-electron chi connectivity index (χ0n) is 13.7. The number of aromatic nitrogens is 2. The molecule has 1 aromatic heterocycles. The molecule has 1 unspecified atom stereocenters. The zero-order valence-corrected chi connectivity index (χ0v) is 14.5. The second-order valence-electron chi connectivity index (χ2n) is 6.42. The van der Waals surface area contributed by atoms with Crippen LogP contribution in [-0.2, 0) is 11.3 Å². The van der Waals surface area contributed by atoms with Crippen LogP contribution in [0.5, 0.6) is 0 Å². The number of fused-ring (bicyclic) bond motifs is 1. The van der Waals surface area contributed by atoms with E-state index < -0.39 is 0 Å². The summed E-state index contributed by atoms with van der Waals surface area (Å²) in [5.74, 6) is 0.567.